The van der Waals surface area contributed by atoms with Gasteiger partial charge in [0, 0.05) is 22.8 Å². The first kappa shape index (κ1) is 15.6. The van der Waals surface area contributed by atoms with Gasteiger partial charge in [-0.25, -0.2) is 0 Å². The Kier molecular flexibility index (Phi) is 4.11. The zero-order chi connectivity index (χ0) is 16.6. The number of fused-ring (bicyclic) bond motifs is 1. The van der Waals surface area contributed by atoms with Crippen molar-refractivity contribution in [1.82, 2.24) is 15.4 Å². The Hall–Kier alpha value is -2.31. The molecule has 118 valence electrons. The molecule has 0 atom stereocenters. The molecule has 5 nitrogen and oxygen atoms in total. The standard InChI is InChI=1S/C16H14ClN3O2S/c1-9-7-8-12(23-9)15(21)18-19-16(22)14-13(17)10-5-3-4-6-11(10)20(14)2/h3-8H,1-2H3,(H,18,21)(H,19,22). The number of thiophene rings is 1. The van der Waals surface area contributed by atoms with E-state index >= 15 is 0 Å². The van der Waals surface area contributed by atoms with Gasteiger partial charge in [-0.3, -0.25) is 20.4 Å². The number of aryl methyl sites for hydroxylation is 2. The molecule has 0 radical (unpaired) electrons. The van der Waals surface area contributed by atoms with Gasteiger partial charge >= 0.3 is 0 Å². The molecule has 2 N–H and O–H groups in total. The molecule has 7 heteroatoms. The zero-order valence-electron chi connectivity index (χ0n) is 12.5. The summed E-state index contributed by atoms with van der Waals surface area (Å²) in [6.45, 7) is 1.91. The number of para-hydroxylation sites is 1. The molecule has 0 unspecified atom stereocenters. The Morgan fingerprint density at radius 1 is 1.09 bits per heavy atom. The minimum Gasteiger partial charge on any atom is -0.338 e. The highest BCUT2D eigenvalue weighted by atomic mass is 35.5. The number of carbonyl (C=O) groups is 2. The van der Waals surface area contributed by atoms with Crippen LogP contribution in [0.2, 0.25) is 5.02 Å². The summed E-state index contributed by atoms with van der Waals surface area (Å²) >= 11 is 7.66. The first-order valence-electron chi connectivity index (χ1n) is 6.89. The van der Waals surface area contributed by atoms with Crippen molar-refractivity contribution in [2.75, 3.05) is 0 Å². The van der Waals surface area contributed by atoms with Gasteiger partial charge in [0.05, 0.1) is 9.90 Å². The molecular weight excluding hydrogens is 334 g/mol. The number of hydrazine groups is 1. The fraction of sp³-hybridized carbons (Fsp3) is 0.125. The van der Waals surface area contributed by atoms with Gasteiger partial charge in [0.15, 0.2) is 0 Å². The van der Waals surface area contributed by atoms with Crippen molar-refractivity contribution in [3.63, 3.8) is 0 Å². The minimum atomic E-state index is -0.463. The van der Waals surface area contributed by atoms with Crippen LogP contribution in [0.5, 0.6) is 0 Å². The van der Waals surface area contributed by atoms with Crippen molar-refractivity contribution in [1.29, 1.82) is 0 Å². The van der Waals surface area contributed by atoms with Crippen molar-refractivity contribution in [3.8, 4) is 0 Å². The fourth-order valence-corrected chi connectivity index (χ4v) is 3.53. The second-order valence-electron chi connectivity index (χ2n) is 5.06. The third-order valence-corrected chi connectivity index (χ3v) is 4.90. The molecule has 2 aromatic heterocycles. The summed E-state index contributed by atoms with van der Waals surface area (Å²) in [5.41, 5.74) is 5.97. The number of rotatable bonds is 2. The van der Waals surface area contributed by atoms with Crippen LogP contribution in [0.1, 0.15) is 25.0 Å². The van der Waals surface area contributed by atoms with Crippen LogP contribution in [0.4, 0.5) is 0 Å². The van der Waals surface area contributed by atoms with E-state index < -0.39 is 5.91 Å². The molecule has 0 fully saturated rings. The molecule has 3 aromatic rings. The summed E-state index contributed by atoms with van der Waals surface area (Å²) in [7, 11) is 1.76. The highest BCUT2D eigenvalue weighted by molar-refractivity contribution is 7.13. The van der Waals surface area contributed by atoms with Crippen LogP contribution in [0.25, 0.3) is 10.9 Å². The van der Waals surface area contributed by atoms with E-state index in [1.807, 2.05) is 37.3 Å². The lowest BCUT2D eigenvalue weighted by molar-refractivity contribution is 0.0844. The van der Waals surface area contributed by atoms with Gasteiger partial charge in [0.2, 0.25) is 0 Å². The second kappa shape index (κ2) is 6.06. The van der Waals surface area contributed by atoms with E-state index in [0.29, 0.717) is 15.6 Å². The molecule has 0 spiro atoms. The Labute approximate surface area is 141 Å². The van der Waals surface area contributed by atoms with Crippen molar-refractivity contribution in [2.24, 2.45) is 7.05 Å². The normalized spacial score (nSPS) is 10.7. The number of aromatic nitrogens is 1. The summed E-state index contributed by atoms with van der Waals surface area (Å²) in [6.07, 6.45) is 0. The Morgan fingerprint density at radius 2 is 1.78 bits per heavy atom. The summed E-state index contributed by atoms with van der Waals surface area (Å²) in [5.74, 6) is -0.818. The van der Waals surface area contributed by atoms with E-state index in [2.05, 4.69) is 10.9 Å². The highest BCUT2D eigenvalue weighted by Gasteiger charge is 2.20. The number of halogens is 1. The number of benzene rings is 1. The van der Waals surface area contributed by atoms with Crippen LogP contribution in [0.3, 0.4) is 0 Å². The predicted octanol–water partition coefficient (Wildman–Crippen LogP) is 3.28. The number of hydrogen-bond donors (Lipinski definition) is 2. The molecular formula is C16H14ClN3O2S. The number of carbonyl (C=O) groups excluding carboxylic acids is 2. The second-order valence-corrected chi connectivity index (χ2v) is 6.72. The molecule has 0 aliphatic rings. The maximum atomic E-state index is 12.4. The molecule has 0 saturated heterocycles. The molecule has 3 rings (SSSR count). The van der Waals surface area contributed by atoms with Crippen molar-refractivity contribution in [2.45, 2.75) is 6.92 Å². The molecule has 2 heterocycles. The highest BCUT2D eigenvalue weighted by Crippen LogP contribution is 2.29. The molecule has 0 saturated carbocycles. The lowest BCUT2D eigenvalue weighted by atomic mass is 10.2. The number of amides is 2. The summed E-state index contributed by atoms with van der Waals surface area (Å²) < 4.78 is 1.70. The van der Waals surface area contributed by atoms with Gasteiger partial charge in [0.1, 0.15) is 5.69 Å². The van der Waals surface area contributed by atoms with Crippen molar-refractivity contribution >= 4 is 45.7 Å². The molecule has 2 amide bonds. The smallest absolute Gasteiger partial charge is 0.287 e. The average Bonchev–Trinajstić information content (AvgIpc) is 3.08. The Bertz CT molecular complexity index is 874. The van der Waals surface area contributed by atoms with Crippen LogP contribution in [-0.4, -0.2) is 16.4 Å². The maximum absolute atomic E-state index is 12.4. The molecule has 0 aliphatic carbocycles. The first-order valence-corrected chi connectivity index (χ1v) is 8.08. The monoisotopic (exact) mass is 347 g/mol. The quantitative estimate of drug-likeness (QED) is 0.699. The van der Waals surface area contributed by atoms with Crippen LogP contribution >= 0.6 is 22.9 Å². The molecule has 1 aromatic carbocycles. The van der Waals surface area contributed by atoms with Crippen LogP contribution in [0, 0.1) is 6.92 Å². The molecule has 0 bridgehead atoms. The summed E-state index contributed by atoms with van der Waals surface area (Å²) in [5, 5.41) is 1.16. The largest absolute Gasteiger partial charge is 0.338 e. The topological polar surface area (TPSA) is 63.1 Å². The third-order valence-electron chi connectivity index (χ3n) is 3.51. The average molecular weight is 348 g/mol. The molecule has 23 heavy (non-hydrogen) atoms. The molecule has 0 aliphatic heterocycles. The number of hydrogen-bond acceptors (Lipinski definition) is 3. The lowest BCUT2D eigenvalue weighted by Gasteiger charge is -2.08. The van der Waals surface area contributed by atoms with Crippen LogP contribution in [-0.2, 0) is 7.05 Å². The fourth-order valence-electron chi connectivity index (χ4n) is 2.39. The van der Waals surface area contributed by atoms with Gasteiger partial charge < -0.3 is 4.57 Å². The van der Waals surface area contributed by atoms with E-state index in [1.54, 1.807) is 17.7 Å². The van der Waals surface area contributed by atoms with Gasteiger partial charge in [-0.15, -0.1) is 11.3 Å². The van der Waals surface area contributed by atoms with E-state index in [9.17, 15) is 9.59 Å². The first-order chi connectivity index (χ1) is 11.0. The SMILES string of the molecule is Cc1ccc(C(=O)NNC(=O)c2c(Cl)c3ccccc3n2C)s1. The number of nitrogens with one attached hydrogen (secondary N) is 2. The Morgan fingerprint density at radius 3 is 2.43 bits per heavy atom. The van der Waals surface area contributed by atoms with Crippen LogP contribution < -0.4 is 10.9 Å². The third kappa shape index (κ3) is 2.83. The van der Waals surface area contributed by atoms with E-state index in [4.69, 9.17) is 11.6 Å². The Balaban J connectivity index is 1.80. The maximum Gasteiger partial charge on any atom is 0.287 e. The van der Waals surface area contributed by atoms with Gasteiger partial charge in [-0.05, 0) is 25.1 Å². The predicted molar refractivity (Wildman–Crippen MR) is 91.9 cm³/mol. The van der Waals surface area contributed by atoms with Crippen molar-refractivity contribution < 1.29 is 9.59 Å². The van der Waals surface area contributed by atoms with Gasteiger partial charge in [-0.1, -0.05) is 29.8 Å². The zero-order valence-corrected chi connectivity index (χ0v) is 14.1. The van der Waals surface area contributed by atoms with Gasteiger partial charge in [0.25, 0.3) is 11.8 Å². The number of nitrogens with zero attached hydrogens (tertiary/aromatic N) is 1. The van der Waals surface area contributed by atoms with Crippen molar-refractivity contribution in [3.05, 3.63) is 56.9 Å². The van der Waals surface area contributed by atoms with E-state index in [1.165, 1.54) is 11.3 Å². The summed E-state index contributed by atoms with van der Waals surface area (Å²) in [6, 6.07) is 11.0. The van der Waals surface area contributed by atoms with E-state index in [-0.39, 0.29) is 5.91 Å². The van der Waals surface area contributed by atoms with Gasteiger partial charge in [-0.2, -0.15) is 0 Å². The lowest BCUT2D eigenvalue weighted by Crippen LogP contribution is -2.42. The summed E-state index contributed by atoms with van der Waals surface area (Å²) in [4.78, 5) is 25.9. The minimum absolute atomic E-state index is 0.301. The van der Waals surface area contributed by atoms with Crippen LogP contribution in [0.15, 0.2) is 36.4 Å². The van der Waals surface area contributed by atoms with E-state index in [0.717, 1.165) is 15.8 Å².